The summed E-state index contributed by atoms with van der Waals surface area (Å²) in [4.78, 5) is 26.1. The van der Waals surface area contributed by atoms with E-state index in [9.17, 15) is 9.59 Å². The van der Waals surface area contributed by atoms with Gasteiger partial charge >= 0.3 is 0 Å². The minimum absolute atomic E-state index is 0.00393. The molecule has 24 heavy (non-hydrogen) atoms. The highest BCUT2D eigenvalue weighted by atomic mass is 16.2. The van der Waals surface area contributed by atoms with Gasteiger partial charge in [-0.05, 0) is 36.2 Å². The lowest BCUT2D eigenvalue weighted by Crippen LogP contribution is -2.14. The number of aryl methyl sites for hydroxylation is 1. The number of nitrogens with one attached hydrogen (secondary N) is 1. The van der Waals surface area contributed by atoms with Gasteiger partial charge in [0.25, 0.3) is 0 Å². The molecule has 0 radical (unpaired) electrons. The first-order chi connectivity index (χ1) is 11.5. The Morgan fingerprint density at radius 2 is 1.54 bits per heavy atom. The SMILES string of the molecule is CCc1ccc(C(=O)CCC(=O)Nc2ccc(N(C)C)cc2)cc1. The summed E-state index contributed by atoms with van der Waals surface area (Å²) >= 11 is 0. The first-order valence-corrected chi connectivity index (χ1v) is 8.19. The van der Waals surface area contributed by atoms with Crippen molar-refractivity contribution in [1.29, 1.82) is 0 Å². The van der Waals surface area contributed by atoms with E-state index < -0.39 is 0 Å². The second-order valence-electron chi connectivity index (χ2n) is 5.96. The van der Waals surface area contributed by atoms with Crippen LogP contribution in [0.4, 0.5) is 11.4 Å². The summed E-state index contributed by atoms with van der Waals surface area (Å²) in [6.45, 7) is 2.08. The molecule has 0 aromatic heterocycles. The average molecular weight is 324 g/mol. The van der Waals surface area contributed by atoms with Crippen LogP contribution < -0.4 is 10.2 Å². The van der Waals surface area contributed by atoms with E-state index >= 15 is 0 Å². The summed E-state index contributed by atoms with van der Waals surface area (Å²) in [7, 11) is 3.93. The Morgan fingerprint density at radius 3 is 2.08 bits per heavy atom. The second kappa shape index (κ2) is 8.29. The number of rotatable bonds is 7. The predicted octanol–water partition coefficient (Wildman–Crippen LogP) is 3.92. The lowest BCUT2D eigenvalue weighted by molar-refractivity contribution is -0.116. The molecule has 0 spiro atoms. The zero-order valence-corrected chi connectivity index (χ0v) is 14.5. The Balaban J connectivity index is 1.84. The molecule has 4 nitrogen and oxygen atoms in total. The van der Waals surface area contributed by atoms with E-state index in [4.69, 9.17) is 0 Å². The highest BCUT2D eigenvalue weighted by Crippen LogP contribution is 2.16. The Kier molecular flexibility index (Phi) is 6.13. The van der Waals surface area contributed by atoms with E-state index in [2.05, 4.69) is 12.2 Å². The van der Waals surface area contributed by atoms with E-state index in [0.29, 0.717) is 5.56 Å². The largest absolute Gasteiger partial charge is 0.378 e. The van der Waals surface area contributed by atoms with Crippen molar-refractivity contribution in [3.8, 4) is 0 Å². The molecule has 1 N–H and O–H groups in total. The van der Waals surface area contributed by atoms with Crippen LogP contribution in [-0.4, -0.2) is 25.8 Å². The Labute approximate surface area is 143 Å². The van der Waals surface area contributed by atoms with E-state index in [-0.39, 0.29) is 24.5 Å². The van der Waals surface area contributed by atoms with E-state index in [0.717, 1.165) is 17.8 Å². The van der Waals surface area contributed by atoms with Crippen molar-refractivity contribution in [2.24, 2.45) is 0 Å². The molecule has 0 saturated carbocycles. The van der Waals surface area contributed by atoms with Crippen molar-refractivity contribution < 1.29 is 9.59 Å². The van der Waals surface area contributed by atoms with Crippen LogP contribution in [0, 0.1) is 0 Å². The minimum Gasteiger partial charge on any atom is -0.378 e. The molecule has 0 atom stereocenters. The molecule has 0 aliphatic carbocycles. The molecule has 126 valence electrons. The molecule has 0 bridgehead atoms. The molecule has 2 aromatic rings. The number of amides is 1. The lowest BCUT2D eigenvalue weighted by atomic mass is 10.0. The van der Waals surface area contributed by atoms with Crippen molar-refractivity contribution in [1.82, 2.24) is 0 Å². The highest BCUT2D eigenvalue weighted by molar-refractivity contribution is 6.00. The average Bonchev–Trinajstić information content (AvgIpc) is 2.60. The fourth-order valence-electron chi connectivity index (χ4n) is 2.36. The van der Waals surface area contributed by atoms with Gasteiger partial charge < -0.3 is 10.2 Å². The molecule has 4 heteroatoms. The number of hydrogen-bond acceptors (Lipinski definition) is 3. The summed E-state index contributed by atoms with van der Waals surface area (Å²) in [5.41, 5.74) is 3.67. The molecular formula is C20H24N2O2. The van der Waals surface area contributed by atoms with Gasteiger partial charge in [-0.3, -0.25) is 9.59 Å². The van der Waals surface area contributed by atoms with Crippen LogP contribution in [0.25, 0.3) is 0 Å². The Hall–Kier alpha value is -2.62. The molecular weight excluding hydrogens is 300 g/mol. The van der Waals surface area contributed by atoms with Gasteiger partial charge in [0.1, 0.15) is 0 Å². The van der Waals surface area contributed by atoms with Crippen molar-refractivity contribution in [3.63, 3.8) is 0 Å². The van der Waals surface area contributed by atoms with Crippen LogP contribution in [-0.2, 0) is 11.2 Å². The summed E-state index contributed by atoms with van der Waals surface area (Å²) in [5.74, 6) is -0.151. The summed E-state index contributed by atoms with van der Waals surface area (Å²) in [5, 5.41) is 2.82. The fourth-order valence-corrected chi connectivity index (χ4v) is 2.36. The molecule has 2 rings (SSSR count). The number of nitrogens with zero attached hydrogens (tertiary/aromatic N) is 1. The number of Topliss-reactive ketones (excluding diaryl/α,β-unsaturated/α-hetero) is 1. The van der Waals surface area contributed by atoms with Gasteiger partial charge in [-0.25, -0.2) is 0 Å². The molecule has 2 aromatic carbocycles. The maximum atomic E-state index is 12.1. The zero-order chi connectivity index (χ0) is 17.5. The number of carbonyl (C=O) groups excluding carboxylic acids is 2. The quantitative estimate of drug-likeness (QED) is 0.785. The molecule has 0 aliphatic heterocycles. The number of benzene rings is 2. The number of ketones is 1. The van der Waals surface area contributed by atoms with Gasteiger partial charge in [-0.15, -0.1) is 0 Å². The number of hydrogen-bond donors (Lipinski definition) is 1. The summed E-state index contributed by atoms with van der Waals surface area (Å²) in [6.07, 6.45) is 1.35. The van der Waals surface area contributed by atoms with Crippen molar-refractivity contribution in [3.05, 3.63) is 59.7 Å². The zero-order valence-electron chi connectivity index (χ0n) is 14.5. The van der Waals surface area contributed by atoms with Gasteiger partial charge in [0, 0.05) is 43.9 Å². The van der Waals surface area contributed by atoms with E-state index in [1.54, 1.807) is 0 Å². The van der Waals surface area contributed by atoms with Gasteiger partial charge in [-0.2, -0.15) is 0 Å². The molecule has 0 fully saturated rings. The molecule has 1 amide bonds. The Bertz CT molecular complexity index is 689. The van der Waals surface area contributed by atoms with Crippen LogP contribution in [0.3, 0.4) is 0 Å². The third-order valence-corrected chi connectivity index (χ3v) is 3.93. The standard InChI is InChI=1S/C20H24N2O2/c1-4-15-5-7-16(8-6-15)19(23)13-14-20(24)21-17-9-11-18(12-10-17)22(2)3/h5-12H,4,13-14H2,1-3H3,(H,21,24). The monoisotopic (exact) mass is 324 g/mol. The van der Waals surface area contributed by atoms with Gasteiger partial charge in [0.15, 0.2) is 5.78 Å². The first-order valence-electron chi connectivity index (χ1n) is 8.19. The molecule has 0 unspecified atom stereocenters. The maximum absolute atomic E-state index is 12.1. The topological polar surface area (TPSA) is 49.4 Å². The molecule has 0 saturated heterocycles. The van der Waals surface area contributed by atoms with Crippen molar-refractivity contribution in [2.75, 3.05) is 24.3 Å². The first kappa shape index (κ1) is 17.7. The van der Waals surface area contributed by atoms with Crippen molar-refractivity contribution in [2.45, 2.75) is 26.2 Å². The van der Waals surface area contributed by atoms with Gasteiger partial charge in [-0.1, -0.05) is 31.2 Å². The smallest absolute Gasteiger partial charge is 0.224 e. The van der Waals surface area contributed by atoms with E-state index in [1.807, 2.05) is 67.5 Å². The fraction of sp³-hybridized carbons (Fsp3) is 0.300. The third kappa shape index (κ3) is 4.95. The highest BCUT2D eigenvalue weighted by Gasteiger charge is 2.10. The van der Waals surface area contributed by atoms with Crippen molar-refractivity contribution >= 4 is 23.1 Å². The third-order valence-electron chi connectivity index (χ3n) is 3.93. The van der Waals surface area contributed by atoms with Crippen LogP contribution in [0.5, 0.6) is 0 Å². The summed E-state index contributed by atoms with van der Waals surface area (Å²) in [6, 6.07) is 15.2. The maximum Gasteiger partial charge on any atom is 0.224 e. The minimum atomic E-state index is -0.147. The summed E-state index contributed by atoms with van der Waals surface area (Å²) < 4.78 is 0. The van der Waals surface area contributed by atoms with E-state index in [1.165, 1.54) is 5.56 Å². The Morgan fingerprint density at radius 1 is 0.917 bits per heavy atom. The lowest BCUT2D eigenvalue weighted by Gasteiger charge is -2.13. The van der Waals surface area contributed by atoms with Gasteiger partial charge in [0.05, 0.1) is 0 Å². The van der Waals surface area contributed by atoms with Crippen LogP contribution in [0.1, 0.15) is 35.7 Å². The van der Waals surface area contributed by atoms with Crippen LogP contribution >= 0.6 is 0 Å². The second-order valence-corrected chi connectivity index (χ2v) is 5.96. The number of carbonyl (C=O) groups is 2. The predicted molar refractivity (Wildman–Crippen MR) is 98.8 cm³/mol. The molecule has 0 heterocycles. The van der Waals surface area contributed by atoms with Crippen LogP contribution in [0.15, 0.2) is 48.5 Å². The molecule has 0 aliphatic rings. The number of anilines is 2. The van der Waals surface area contributed by atoms with Crippen LogP contribution in [0.2, 0.25) is 0 Å². The van der Waals surface area contributed by atoms with Gasteiger partial charge in [0.2, 0.25) is 5.91 Å². The normalized spacial score (nSPS) is 10.3.